The topological polar surface area (TPSA) is 46.6 Å². The van der Waals surface area contributed by atoms with Gasteiger partial charge in [0.25, 0.3) is 0 Å². The van der Waals surface area contributed by atoms with E-state index in [0.717, 1.165) is 32.1 Å². The van der Waals surface area contributed by atoms with E-state index in [4.69, 9.17) is 4.74 Å². The molecule has 1 saturated heterocycles. The van der Waals surface area contributed by atoms with E-state index in [-0.39, 0.29) is 12.1 Å². The van der Waals surface area contributed by atoms with Gasteiger partial charge in [-0.3, -0.25) is 0 Å². The van der Waals surface area contributed by atoms with Crippen LogP contribution >= 0.6 is 0 Å². The van der Waals surface area contributed by atoms with E-state index in [1.165, 1.54) is 25.7 Å². The molecule has 20 heavy (non-hydrogen) atoms. The van der Waals surface area contributed by atoms with Crippen LogP contribution in [0.5, 0.6) is 0 Å². The van der Waals surface area contributed by atoms with Gasteiger partial charge in [-0.05, 0) is 31.6 Å². The summed E-state index contributed by atoms with van der Waals surface area (Å²) in [4.78, 5) is 0. The van der Waals surface area contributed by atoms with Crippen LogP contribution in [-0.2, 0) is 14.8 Å². The molecule has 1 aliphatic heterocycles. The van der Waals surface area contributed by atoms with Crippen molar-refractivity contribution in [3.8, 4) is 0 Å². The first kappa shape index (κ1) is 14.8. The van der Waals surface area contributed by atoms with Gasteiger partial charge in [0.15, 0.2) is 0 Å². The molecule has 0 bridgehead atoms. The smallest absolute Gasteiger partial charge is 0.214 e. The van der Waals surface area contributed by atoms with Gasteiger partial charge in [0, 0.05) is 6.54 Å². The minimum absolute atomic E-state index is 0.117. The summed E-state index contributed by atoms with van der Waals surface area (Å²) in [6.45, 7) is 1.14. The summed E-state index contributed by atoms with van der Waals surface area (Å²) < 4.78 is 33.1. The number of hydrogen-bond acceptors (Lipinski definition) is 3. The van der Waals surface area contributed by atoms with Gasteiger partial charge in [0.2, 0.25) is 10.0 Å². The van der Waals surface area contributed by atoms with Crippen molar-refractivity contribution in [2.24, 2.45) is 5.92 Å². The van der Waals surface area contributed by atoms with Crippen LogP contribution in [0.25, 0.3) is 0 Å². The van der Waals surface area contributed by atoms with Gasteiger partial charge < -0.3 is 4.74 Å². The monoisotopic (exact) mass is 301 g/mol. The Morgan fingerprint density at radius 2 is 1.65 bits per heavy atom. The first-order chi connectivity index (χ1) is 9.67. The average Bonchev–Trinajstić information content (AvgIpc) is 2.47. The molecule has 2 aliphatic carbocycles. The van der Waals surface area contributed by atoms with Gasteiger partial charge in [-0.25, -0.2) is 8.42 Å². The molecule has 116 valence electrons. The van der Waals surface area contributed by atoms with E-state index in [9.17, 15) is 8.42 Å². The van der Waals surface area contributed by atoms with E-state index < -0.39 is 10.0 Å². The van der Waals surface area contributed by atoms with Crippen molar-refractivity contribution in [1.29, 1.82) is 0 Å². The van der Waals surface area contributed by atoms with Crippen LogP contribution in [0.2, 0.25) is 0 Å². The predicted octanol–water partition coefficient (Wildman–Crippen LogP) is 2.54. The van der Waals surface area contributed by atoms with Crippen LogP contribution in [0.4, 0.5) is 0 Å². The second-order valence-corrected chi connectivity index (χ2v) is 8.62. The molecule has 3 fully saturated rings. The van der Waals surface area contributed by atoms with Crippen molar-refractivity contribution in [3.63, 3.8) is 0 Å². The summed E-state index contributed by atoms with van der Waals surface area (Å²) in [5.74, 6) is 0.759. The summed E-state index contributed by atoms with van der Waals surface area (Å²) in [6.07, 6.45) is 10.4. The van der Waals surface area contributed by atoms with E-state index in [1.807, 2.05) is 0 Å². The highest BCUT2D eigenvalue weighted by molar-refractivity contribution is 7.89. The van der Waals surface area contributed by atoms with E-state index in [1.54, 1.807) is 4.31 Å². The van der Waals surface area contributed by atoms with Crippen molar-refractivity contribution in [2.45, 2.75) is 69.9 Å². The summed E-state index contributed by atoms with van der Waals surface area (Å²) >= 11 is 0. The second-order valence-electron chi connectivity index (χ2n) is 6.65. The number of sulfonamides is 1. The normalized spacial score (nSPS) is 33.8. The number of morpholine rings is 1. The molecule has 0 aromatic carbocycles. The van der Waals surface area contributed by atoms with Gasteiger partial charge in [-0.1, -0.05) is 32.1 Å². The molecule has 0 amide bonds. The van der Waals surface area contributed by atoms with Gasteiger partial charge in [0.05, 0.1) is 24.5 Å². The zero-order valence-electron chi connectivity index (χ0n) is 12.3. The largest absolute Gasteiger partial charge is 0.375 e. The standard InChI is InChI=1S/C15H27NO3S/c17-20(18,12-13-6-2-1-3-7-13)16-10-11-19-15-9-5-4-8-14(15)16/h13-15H,1-12H2. The first-order valence-corrected chi connectivity index (χ1v) is 9.89. The molecule has 1 heterocycles. The molecule has 2 saturated carbocycles. The summed E-state index contributed by atoms with van der Waals surface area (Å²) in [5, 5.41) is 0. The van der Waals surface area contributed by atoms with Gasteiger partial charge in [-0.15, -0.1) is 0 Å². The molecule has 2 unspecified atom stereocenters. The maximum atomic E-state index is 12.8. The lowest BCUT2D eigenvalue weighted by atomic mass is 9.91. The van der Waals surface area contributed by atoms with E-state index in [0.29, 0.717) is 24.8 Å². The maximum absolute atomic E-state index is 12.8. The Hall–Kier alpha value is -0.130. The molecule has 2 atom stereocenters. The third-order valence-electron chi connectivity index (χ3n) is 5.21. The van der Waals surface area contributed by atoms with E-state index in [2.05, 4.69) is 0 Å². The van der Waals surface area contributed by atoms with Crippen molar-refractivity contribution < 1.29 is 13.2 Å². The Bertz CT molecular complexity index is 415. The Morgan fingerprint density at radius 3 is 2.45 bits per heavy atom. The highest BCUT2D eigenvalue weighted by Gasteiger charge is 2.40. The minimum atomic E-state index is -3.10. The zero-order chi connectivity index (χ0) is 14.0. The molecule has 3 aliphatic rings. The maximum Gasteiger partial charge on any atom is 0.214 e. The van der Waals surface area contributed by atoms with Crippen LogP contribution < -0.4 is 0 Å². The SMILES string of the molecule is O=S(=O)(CC1CCCCC1)N1CCOC2CCCCC21. The number of rotatable bonds is 3. The lowest BCUT2D eigenvalue weighted by molar-refractivity contribution is -0.0587. The molecule has 5 heteroatoms. The van der Waals surface area contributed by atoms with Crippen molar-refractivity contribution in [2.75, 3.05) is 18.9 Å². The average molecular weight is 301 g/mol. The second kappa shape index (κ2) is 6.32. The van der Waals surface area contributed by atoms with Crippen LogP contribution in [-0.4, -0.2) is 43.8 Å². The van der Waals surface area contributed by atoms with Crippen molar-refractivity contribution in [3.05, 3.63) is 0 Å². The highest BCUT2D eigenvalue weighted by Crippen LogP contribution is 2.32. The molecule has 3 rings (SSSR count). The van der Waals surface area contributed by atoms with Crippen LogP contribution in [0.3, 0.4) is 0 Å². The van der Waals surface area contributed by atoms with Crippen LogP contribution in [0.1, 0.15) is 57.8 Å². The van der Waals surface area contributed by atoms with E-state index >= 15 is 0 Å². The molecule has 0 radical (unpaired) electrons. The minimum Gasteiger partial charge on any atom is -0.375 e. The fraction of sp³-hybridized carbons (Fsp3) is 1.00. The Balaban J connectivity index is 1.68. The first-order valence-electron chi connectivity index (χ1n) is 8.28. The van der Waals surface area contributed by atoms with Crippen LogP contribution in [0.15, 0.2) is 0 Å². The van der Waals surface area contributed by atoms with Gasteiger partial charge in [0.1, 0.15) is 0 Å². The van der Waals surface area contributed by atoms with Gasteiger partial charge >= 0.3 is 0 Å². The summed E-state index contributed by atoms with van der Waals surface area (Å²) in [6, 6.07) is 0.117. The quantitative estimate of drug-likeness (QED) is 0.805. The molecular formula is C15H27NO3S. The van der Waals surface area contributed by atoms with Crippen LogP contribution in [0, 0.1) is 5.92 Å². The van der Waals surface area contributed by atoms with Crippen molar-refractivity contribution in [1.82, 2.24) is 4.31 Å². The predicted molar refractivity (Wildman–Crippen MR) is 79.1 cm³/mol. The molecule has 4 nitrogen and oxygen atoms in total. The number of nitrogens with zero attached hydrogens (tertiary/aromatic N) is 1. The highest BCUT2D eigenvalue weighted by atomic mass is 32.2. The fourth-order valence-electron chi connectivity index (χ4n) is 4.15. The third kappa shape index (κ3) is 3.20. The zero-order valence-corrected chi connectivity index (χ0v) is 13.1. The lowest BCUT2D eigenvalue weighted by Crippen LogP contribution is -2.55. The molecule has 0 aromatic heterocycles. The number of fused-ring (bicyclic) bond motifs is 1. The summed E-state index contributed by atoms with van der Waals surface area (Å²) in [7, 11) is -3.10. The molecular weight excluding hydrogens is 274 g/mol. The van der Waals surface area contributed by atoms with Gasteiger partial charge in [-0.2, -0.15) is 4.31 Å². The Morgan fingerprint density at radius 1 is 0.950 bits per heavy atom. The number of hydrogen-bond donors (Lipinski definition) is 0. The Kier molecular flexibility index (Phi) is 4.68. The molecule has 0 spiro atoms. The fourth-order valence-corrected chi connectivity index (χ4v) is 6.28. The molecule has 0 aromatic rings. The third-order valence-corrected chi connectivity index (χ3v) is 7.27. The lowest BCUT2D eigenvalue weighted by Gasteiger charge is -2.43. The number of ether oxygens (including phenoxy) is 1. The Labute approximate surface area is 122 Å². The summed E-state index contributed by atoms with van der Waals surface area (Å²) in [5.41, 5.74) is 0. The molecule has 0 N–H and O–H groups in total. The van der Waals surface area contributed by atoms with Crippen molar-refractivity contribution >= 4 is 10.0 Å².